The lowest BCUT2D eigenvalue weighted by molar-refractivity contribution is 0.439. The summed E-state index contributed by atoms with van der Waals surface area (Å²) in [6.45, 7) is 2.24. The van der Waals surface area contributed by atoms with E-state index in [1.54, 1.807) is 0 Å². The Morgan fingerprint density at radius 2 is 1.87 bits per heavy atom. The van der Waals surface area contributed by atoms with Crippen molar-refractivity contribution in [1.29, 1.82) is 0 Å². The van der Waals surface area contributed by atoms with Crippen LogP contribution in [0.15, 0.2) is 0 Å². The van der Waals surface area contributed by atoms with Gasteiger partial charge in [-0.05, 0) is 24.7 Å². The standard InChI is InChI=1S/C11H22O3S/c1-2-10-6-7-11(9-10)5-3-4-8-15(12,13)14/h10-11H,2-9H2,1H3,(H,12,13,14). The molecule has 1 N–H and O–H groups in total. The van der Waals surface area contributed by atoms with Gasteiger partial charge in [-0.2, -0.15) is 8.42 Å². The van der Waals surface area contributed by atoms with Crippen molar-refractivity contribution in [1.82, 2.24) is 0 Å². The Hall–Kier alpha value is -0.0900. The molecule has 15 heavy (non-hydrogen) atoms. The highest BCUT2D eigenvalue weighted by Gasteiger charge is 2.22. The first kappa shape index (κ1) is 13.0. The first-order valence-corrected chi connectivity index (χ1v) is 7.57. The summed E-state index contributed by atoms with van der Waals surface area (Å²) in [6, 6.07) is 0. The third-order valence-electron chi connectivity index (χ3n) is 3.49. The predicted octanol–water partition coefficient (Wildman–Crippen LogP) is 2.87. The van der Waals surface area contributed by atoms with Crippen molar-refractivity contribution in [3.8, 4) is 0 Å². The van der Waals surface area contributed by atoms with Gasteiger partial charge in [0, 0.05) is 0 Å². The zero-order valence-corrected chi connectivity index (χ0v) is 10.3. The maximum atomic E-state index is 10.5. The van der Waals surface area contributed by atoms with Crippen LogP contribution < -0.4 is 0 Å². The van der Waals surface area contributed by atoms with E-state index in [-0.39, 0.29) is 5.75 Å². The molecule has 0 amide bonds. The van der Waals surface area contributed by atoms with Crippen LogP contribution in [0.2, 0.25) is 0 Å². The van der Waals surface area contributed by atoms with E-state index in [0.717, 1.165) is 24.7 Å². The van der Waals surface area contributed by atoms with E-state index in [1.165, 1.54) is 25.7 Å². The Bertz CT molecular complexity index is 272. The van der Waals surface area contributed by atoms with Crippen molar-refractivity contribution in [2.45, 2.75) is 51.9 Å². The fraction of sp³-hybridized carbons (Fsp3) is 1.00. The van der Waals surface area contributed by atoms with Crippen molar-refractivity contribution < 1.29 is 13.0 Å². The van der Waals surface area contributed by atoms with Crippen LogP contribution in [-0.4, -0.2) is 18.7 Å². The summed E-state index contributed by atoms with van der Waals surface area (Å²) in [4.78, 5) is 0. The molecule has 4 heteroatoms. The van der Waals surface area contributed by atoms with Gasteiger partial charge in [-0.1, -0.05) is 39.0 Å². The molecule has 0 radical (unpaired) electrons. The van der Waals surface area contributed by atoms with E-state index < -0.39 is 10.1 Å². The average molecular weight is 234 g/mol. The van der Waals surface area contributed by atoms with Crippen LogP contribution in [0.4, 0.5) is 0 Å². The van der Waals surface area contributed by atoms with Crippen molar-refractivity contribution in [2.75, 3.05) is 5.75 Å². The summed E-state index contributed by atoms with van der Waals surface area (Å²) in [5.41, 5.74) is 0. The van der Waals surface area contributed by atoms with Gasteiger partial charge in [0.2, 0.25) is 0 Å². The van der Waals surface area contributed by atoms with Gasteiger partial charge in [-0.25, -0.2) is 0 Å². The van der Waals surface area contributed by atoms with Crippen molar-refractivity contribution in [3.63, 3.8) is 0 Å². The molecular weight excluding hydrogens is 212 g/mol. The van der Waals surface area contributed by atoms with Gasteiger partial charge in [0.25, 0.3) is 10.1 Å². The zero-order chi connectivity index (χ0) is 11.3. The van der Waals surface area contributed by atoms with Gasteiger partial charge in [-0.3, -0.25) is 4.55 Å². The topological polar surface area (TPSA) is 54.4 Å². The minimum atomic E-state index is -3.74. The molecule has 90 valence electrons. The molecule has 0 bridgehead atoms. The summed E-state index contributed by atoms with van der Waals surface area (Å²) >= 11 is 0. The third kappa shape index (κ3) is 5.52. The SMILES string of the molecule is CCC1CCC(CCCCS(=O)(=O)O)C1. The molecule has 0 saturated heterocycles. The van der Waals surface area contributed by atoms with Crippen molar-refractivity contribution >= 4 is 10.1 Å². The van der Waals surface area contributed by atoms with Crippen LogP contribution in [-0.2, 0) is 10.1 Å². The van der Waals surface area contributed by atoms with E-state index >= 15 is 0 Å². The van der Waals surface area contributed by atoms with Gasteiger partial charge in [0.15, 0.2) is 0 Å². The quantitative estimate of drug-likeness (QED) is 0.568. The number of unbranched alkanes of at least 4 members (excludes halogenated alkanes) is 1. The second-order valence-electron chi connectivity index (χ2n) is 4.74. The van der Waals surface area contributed by atoms with Crippen LogP contribution in [0.1, 0.15) is 51.9 Å². The van der Waals surface area contributed by atoms with Gasteiger partial charge in [0.1, 0.15) is 0 Å². The largest absolute Gasteiger partial charge is 0.286 e. The van der Waals surface area contributed by atoms with Crippen LogP contribution in [0.3, 0.4) is 0 Å². The second kappa shape index (κ2) is 5.85. The fourth-order valence-electron chi connectivity index (χ4n) is 2.53. The van der Waals surface area contributed by atoms with Crippen LogP contribution >= 0.6 is 0 Å². The van der Waals surface area contributed by atoms with Gasteiger partial charge < -0.3 is 0 Å². The summed E-state index contributed by atoms with van der Waals surface area (Å²) in [7, 11) is -3.74. The fourth-order valence-corrected chi connectivity index (χ4v) is 3.10. The molecule has 1 aliphatic carbocycles. The van der Waals surface area contributed by atoms with Gasteiger partial charge >= 0.3 is 0 Å². The Labute approximate surface area is 93.0 Å². The highest BCUT2D eigenvalue weighted by atomic mass is 32.2. The molecule has 2 atom stereocenters. The molecule has 2 unspecified atom stereocenters. The Morgan fingerprint density at radius 3 is 2.40 bits per heavy atom. The second-order valence-corrected chi connectivity index (χ2v) is 6.31. The number of hydrogen-bond donors (Lipinski definition) is 1. The van der Waals surface area contributed by atoms with E-state index in [9.17, 15) is 8.42 Å². The van der Waals surface area contributed by atoms with Crippen LogP contribution in [0, 0.1) is 11.8 Å². The molecule has 0 aromatic carbocycles. The molecule has 0 spiro atoms. The summed E-state index contributed by atoms with van der Waals surface area (Å²) in [6.07, 6.45) is 7.92. The summed E-state index contributed by atoms with van der Waals surface area (Å²) in [5.74, 6) is 1.63. The highest BCUT2D eigenvalue weighted by Crippen LogP contribution is 2.35. The van der Waals surface area contributed by atoms with E-state index in [2.05, 4.69) is 6.92 Å². The minimum absolute atomic E-state index is 0.0725. The lowest BCUT2D eigenvalue weighted by atomic mass is 9.98. The third-order valence-corrected chi connectivity index (χ3v) is 4.30. The maximum absolute atomic E-state index is 10.5. The van der Waals surface area contributed by atoms with Crippen LogP contribution in [0.5, 0.6) is 0 Å². The highest BCUT2D eigenvalue weighted by molar-refractivity contribution is 7.85. The molecule has 0 aliphatic heterocycles. The average Bonchev–Trinajstić information content (AvgIpc) is 2.59. The molecule has 0 aromatic rings. The summed E-state index contributed by atoms with van der Waals surface area (Å²) in [5, 5.41) is 0. The predicted molar refractivity (Wildman–Crippen MR) is 61.4 cm³/mol. The molecule has 1 fully saturated rings. The van der Waals surface area contributed by atoms with Crippen LogP contribution in [0.25, 0.3) is 0 Å². The van der Waals surface area contributed by atoms with Gasteiger partial charge in [-0.15, -0.1) is 0 Å². The van der Waals surface area contributed by atoms with Crippen molar-refractivity contribution in [2.24, 2.45) is 11.8 Å². The van der Waals surface area contributed by atoms with Gasteiger partial charge in [0.05, 0.1) is 5.75 Å². The molecule has 0 heterocycles. The maximum Gasteiger partial charge on any atom is 0.264 e. The van der Waals surface area contributed by atoms with E-state index in [1.807, 2.05) is 0 Å². The first-order chi connectivity index (χ1) is 7.01. The normalized spacial score (nSPS) is 27.1. The monoisotopic (exact) mass is 234 g/mol. The van der Waals surface area contributed by atoms with E-state index in [0.29, 0.717) is 6.42 Å². The summed E-state index contributed by atoms with van der Waals surface area (Å²) < 4.78 is 29.5. The molecule has 1 aliphatic rings. The number of rotatable bonds is 6. The van der Waals surface area contributed by atoms with Crippen molar-refractivity contribution in [3.05, 3.63) is 0 Å². The first-order valence-electron chi connectivity index (χ1n) is 5.96. The molecule has 1 rings (SSSR count). The van der Waals surface area contributed by atoms with E-state index in [4.69, 9.17) is 4.55 Å². The molecule has 0 aromatic heterocycles. The molecule has 3 nitrogen and oxygen atoms in total. The Kier molecular flexibility index (Phi) is 5.06. The minimum Gasteiger partial charge on any atom is -0.286 e. The molecule has 1 saturated carbocycles. The lowest BCUT2D eigenvalue weighted by Crippen LogP contribution is -2.04. The number of hydrogen-bond acceptors (Lipinski definition) is 2. The Morgan fingerprint density at radius 1 is 1.20 bits per heavy atom. The Balaban J connectivity index is 2.07. The lowest BCUT2D eigenvalue weighted by Gasteiger charge is -2.09. The zero-order valence-electron chi connectivity index (χ0n) is 9.48. The smallest absolute Gasteiger partial charge is 0.264 e. The molecular formula is C11H22O3S.